The van der Waals surface area contributed by atoms with Gasteiger partial charge in [-0.3, -0.25) is 9.78 Å². The fraction of sp³-hybridized carbons (Fsp3) is 0.500. The van der Waals surface area contributed by atoms with Crippen molar-refractivity contribution in [2.24, 2.45) is 13.0 Å². The largest absolute Gasteiger partial charge is 0.390 e. The Morgan fingerprint density at radius 3 is 2.59 bits per heavy atom. The number of hydrogen-bond acceptors (Lipinski definition) is 6. The Balaban J connectivity index is 1.41. The van der Waals surface area contributed by atoms with Crippen molar-refractivity contribution in [1.82, 2.24) is 29.6 Å². The number of aryl methyl sites for hydroxylation is 1. The molecule has 7 nitrogen and oxygen atoms in total. The van der Waals surface area contributed by atoms with Crippen molar-refractivity contribution >= 4 is 16.7 Å². The molecule has 0 aliphatic carbocycles. The Morgan fingerprint density at radius 2 is 1.94 bits per heavy atom. The van der Waals surface area contributed by atoms with Crippen LogP contribution in [0.2, 0.25) is 0 Å². The van der Waals surface area contributed by atoms with Crippen molar-refractivity contribution in [3.05, 3.63) is 35.9 Å². The molecular formula is C22H25F3N6O. The van der Waals surface area contributed by atoms with Gasteiger partial charge in [-0.05, 0) is 51.1 Å². The molecule has 0 N–H and O–H groups in total. The van der Waals surface area contributed by atoms with Crippen molar-refractivity contribution in [2.75, 3.05) is 19.6 Å². The number of alkyl halides is 3. The van der Waals surface area contributed by atoms with E-state index in [1.807, 2.05) is 36.7 Å². The summed E-state index contributed by atoms with van der Waals surface area (Å²) in [4.78, 5) is 23.7. The molecule has 3 aromatic rings. The van der Waals surface area contributed by atoms with E-state index in [2.05, 4.69) is 20.2 Å². The zero-order valence-corrected chi connectivity index (χ0v) is 18.1. The summed E-state index contributed by atoms with van der Waals surface area (Å²) < 4.78 is 39.1. The number of rotatable bonds is 6. The maximum absolute atomic E-state index is 12.8. The van der Waals surface area contributed by atoms with Crippen molar-refractivity contribution < 1.29 is 18.0 Å². The molecule has 10 heteroatoms. The number of Topliss-reactive ketones (excluding diaryl/α,β-unsaturated/α-hetero) is 1. The SMILES string of the molecule is Cc1nnc(-c2ccc3cnc(CC(=O)C4CCN(CCC(F)(F)F)CC4)cc3n2)n1C. The monoisotopic (exact) mass is 446 g/mol. The number of likely N-dealkylation sites (tertiary alicyclic amines) is 1. The number of ketones is 1. The highest BCUT2D eigenvalue weighted by Crippen LogP contribution is 2.25. The normalized spacial score (nSPS) is 16.0. The second-order valence-electron chi connectivity index (χ2n) is 8.32. The minimum Gasteiger partial charge on any atom is -0.313 e. The molecule has 3 aromatic heterocycles. The number of nitrogens with zero attached hydrogens (tertiary/aromatic N) is 6. The van der Waals surface area contributed by atoms with Crippen LogP contribution in [0.4, 0.5) is 13.2 Å². The topological polar surface area (TPSA) is 76.8 Å². The average Bonchev–Trinajstić information content (AvgIpc) is 3.10. The quantitative estimate of drug-likeness (QED) is 0.577. The van der Waals surface area contributed by atoms with Crippen LogP contribution in [-0.2, 0) is 18.3 Å². The summed E-state index contributed by atoms with van der Waals surface area (Å²) in [7, 11) is 1.88. The summed E-state index contributed by atoms with van der Waals surface area (Å²) in [6, 6.07) is 5.60. The molecular weight excluding hydrogens is 421 g/mol. The van der Waals surface area contributed by atoms with Crippen LogP contribution < -0.4 is 0 Å². The lowest BCUT2D eigenvalue weighted by molar-refractivity contribution is -0.139. The lowest BCUT2D eigenvalue weighted by Crippen LogP contribution is -2.38. The van der Waals surface area contributed by atoms with Crippen LogP contribution in [-0.4, -0.2) is 61.2 Å². The highest BCUT2D eigenvalue weighted by atomic mass is 19.4. The number of hydrogen-bond donors (Lipinski definition) is 0. The third-order valence-corrected chi connectivity index (χ3v) is 6.06. The van der Waals surface area contributed by atoms with Crippen molar-refractivity contribution in [3.8, 4) is 11.5 Å². The van der Waals surface area contributed by atoms with Gasteiger partial charge in [0, 0.05) is 43.2 Å². The van der Waals surface area contributed by atoms with E-state index in [0.717, 1.165) is 16.7 Å². The average molecular weight is 446 g/mol. The summed E-state index contributed by atoms with van der Waals surface area (Å²) in [6.07, 6.45) is -1.89. The Labute approximate surface area is 183 Å². The van der Waals surface area contributed by atoms with Gasteiger partial charge in [-0.2, -0.15) is 13.2 Å². The zero-order chi connectivity index (χ0) is 22.9. The van der Waals surface area contributed by atoms with Crippen LogP contribution in [0.15, 0.2) is 24.4 Å². The number of pyridine rings is 2. The minimum atomic E-state index is -4.14. The van der Waals surface area contributed by atoms with E-state index < -0.39 is 12.6 Å². The van der Waals surface area contributed by atoms with Gasteiger partial charge in [-0.15, -0.1) is 10.2 Å². The number of aromatic nitrogens is 5. The predicted octanol–water partition coefficient (Wildman–Crippen LogP) is 3.51. The molecule has 4 rings (SSSR count). The maximum Gasteiger partial charge on any atom is 0.390 e. The second kappa shape index (κ2) is 8.93. The molecule has 0 saturated carbocycles. The molecule has 32 heavy (non-hydrogen) atoms. The molecule has 4 heterocycles. The van der Waals surface area contributed by atoms with E-state index >= 15 is 0 Å². The molecule has 1 saturated heterocycles. The Hall–Kier alpha value is -2.88. The van der Waals surface area contributed by atoms with Crippen LogP contribution in [0.3, 0.4) is 0 Å². The zero-order valence-electron chi connectivity index (χ0n) is 18.1. The van der Waals surface area contributed by atoms with E-state index in [-0.39, 0.29) is 24.7 Å². The summed E-state index contributed by atoms with van der Waals surface area (Å²) >= 11 is 0. The molecule has 1 aliphatic rings. The first kappa shape index (κ1) is 22.3. The Kier molecular flexibility index (Phi) is 6.23. The maximum atomic E-state index is 12.8. The molecule has 0 spiro atoms. The van der Waals surface area contributed by atoms with E-state index in [9.17, 15) is 18.0 Å². The van der Waals surface area contributed by atoms with Gasteiger partial charge < -0.3 is 9.47 Å². The first-order chi connectivity index (χ1) is 15.2. The molecule has 0 atom stereocenters. The summed E-state index contributed by atoms with van der Waals surface area (Å²) in [6.45, 7) is 2.89. The van der Waals surface area contributed by atoms with Gasteiger partial charge in [0.25, 0.3) is 0 Å². The number of fused-ring (bicyclic) bond motifs is 1. The van der Waals surface area contributed by atoms with Crippen LogP contribution in [0.5, 0.6) is 0 Å². The Morgan fingerprint density at radius 1 is 1.19 bits per heavy atom. The lowest BCUT2D eigenvalue weighted by Gasteiger charge is -2.31. The molecule has 1 aliphatic heterocycles. The number of piperidine rings is 1. The highest BCUT2D eigenvalue weighted by molar-refractivity contribution is 5.85. The molecule has 0 unspecified atom stereocenters. The third-order valence-electron chi connectivity index (χ3n) is 6.06. The van der Waals surface area contributed by atoms with E-state index in [4.69, 9.17) is 0 Å². The van der Waals surface area contributed by atoms with Gasteiger partial charge in [-0.1, -0.05) is 0 Å². The van der Waals surface area contributed by atoms with E-state index in [1.165, 1.54) is 0 Å². The molecule has 1 fully saturated rings. The van der Waals surface area contributed by atoms with Crippen LogP contribution in [0.25, 0.3) is 22.4 Å². The number of carbonyl (C=O) groups excluding carboxylic acids is 1. The smallest absolute Gasteiger partial charge is 0.313 e. The molecule has 0 aromatic carbocycles. The first-order valence-electron chi connectivity index (χ1n) is 10.6. The minimum absolute atomic E-state index is 0.00428. The van der Waals surface area contributed by atoms with Crippen molar-refractivity contribution in [2.45, 2.75) is 38.8 Å². The predicted molar refractivity (Wildman–Crippen MR) is 113 cm³/mol. The summed E-state index contributed by atoms with van der Waals surface area (Å²) in [5.74, 6) is 1.38. The second-order valence-corrected chi connectivity index (χ2v) is 8.32. The molecule has 170 valence electrons. The molecule has 0 amide bonds. The number of halogens is 3. The van der Waals surface area contributed by atoms with E-state index in [1.54, 1.807) is 11.1 Å². The fourth-order valence-corrected chi connectivity index (χ4v) is 4.00. The first-order valence-corrected chi connectivity index (χ1v) is 10.6. The Bertz CT molecular complexity index is 1120. The van der Waals surface area contributed by atoms with E-state index in [0.29, 0.717) is 43.1 Å². The van der Waals surface area contributed by atoms with Gasteiger partial charge in [0.1, 0.15) is 17.3 Å². The molecule has 0 bridgehead atoms. The van der Waals surface area contributed by atoms with Crippen molar-refractivity contribution in [3.63, 3.8) is 0 Å². The summed E-state index contributed by atoms with van der Waals surface area (Å²) in [5, 5.41) is 9.10. The van der Waals surface area contributed by atoms with Crippen LogP contribution in [0, 0.1) is 12.8 Å². The van der Waals surface area contributed by atoms with Crippen LogP contribution >= 0.6 is 0 Å². The van der Waals surface area contributed by atoms with Gasteiger partial charge >= 0.3 is 6.18 Å². The highest BCUT2D eigenvalue weighted by Gasteiger charge is 2.30. The number of carbonyl (C=O) groups is 1. The van der Waals surface area contributed by atoms with Gasteiger partial charge in [0.2, 0.25) is 0 Å². The molecule has 0 radical (unpaired) electrons. The summed E-state index contributed by atoms with van der Waals surface area (Å²) in [5.41, 5.74) is 2.05. The standard InChI is InChI=1S/C22H25F3N6O/c1-14-28-29-21(30(14)2)18-4-3-16-13-26-17(11-19(16)27-18)12-20(32)15-5-8-31(9-6-15)10-7-22(23,24)25/h3-4,11,13,15H,5-10,12H2,1-2H3. The lowest BCUT2D eigenvalue weighted by atomic mass is 9.90. The van der Waals surface area contributed by atoms with Gasteiger partial charge in [-0.25, -0.2) is 4.98 Å². The third kappa shape index (κ3) is 5.12. The van der Waals surface area contributed by atoms with Gasteiger partial charge in [0.15, 0.2) is 5.82 Å². The van der Waals surface area contributed by atoms with Gasteiger partial charge in [0.05, 0.1) is 11.9 Å². The van der Waals surface area contributed by atoms with Crippen LogP contribution in [0.1, 0.15) is 30.8 Å². The fourth-order valence-electron chi connectivity index (χ4n) is 4.00. The van der Waals surface area contributed by atoms with Crippen molar-refractivity contribution in [1.29, 1.82) is 0 Å².